The summed E-state index contributed by atoms with van der Waals surface area (Å²) in [7, 11) is 0. The standard InChI is InChI=1S/C24H30ClFN2O2S/c1-16-9-6-7-10-18(16)13-28(17(2)23(30)27-24(3,4)5)22(29)15-31-14-19-20(25)11-8-12-21(19)26/h6-12,17H,13-15H2,1-5H3,(H,27,30)/t17-/m1/s1. The molecule has 0 radical (unpaired) electrons. The Balaban J connectivity index is 2.15. The summed E-state index contributed by atoms with van der Waals surface area (Å²) in [6.45, 7) is 9.74. The molecule has 0 heterocycles. The van der Waals surface area contributed by atoms with Crippen LogP contribution in [0.2, 0.25) is 5.02 Å². The summed E-state index contributed by atoms with van der Waals surface area (Å²) in [5.41, 5.74) is 2.01. The Morgan fingerprint density at radius 3 is 2.45 bits per heavy atom. The Labute approximate surface area is 193 Å². The van der Waals surface area contributed by atoms with Gasteiger partial charge in [-0.05, 0) is 57.9 Å². The fourth-order valence-electron chi connectivity index (χ4n) is 3.02. The van der Waals surface area contributed by atoms with E-state index in [4.69, 9.17) is 11.6 Å². The van der Waals surface area contributed by atoms with Gasteiger partial charge in [0.25, 0.3) is 0 Å². The minimum absolute atomic E-state index is 0.115. The van der Waals surface area contributed by atoms with Gasteiger partial charge in [0.2, 0.25) is 11.8 Å². The van der Waals surface area contributed by atoms with Crippen LogP contribution in [-0.2, 0) is 21.9 Å². The number of amides is 2. The number of aryl methyl sites for hydroxylation is 1. The monoisotopic (exact) mass is 464 g/mol. The van der Waals surface area contributed by atoms with E-state index in [0.29, 0.717) is 17.1 Å². The maximum Gasteiger partial charge on any atom is 0.242 e. The summed E-state index contributed by atoms with van der Waals surface area (Å²) in [6, 6.07) is 11.7. The van der Waals surface area contributed by atoms with E-state index in [1.807, 2.05) is 52.0 Å². The van der Waals surface area contributed by atoms with Crippen LogP contribution >= 0.6 is 23.4 Å². The van der Waals surface area contributed by atoms with Crippen molar-refractivity contribution in [1.82, 2.24) is 10.2 Å². The van der Waals surface area contributed by atoms with Crippen molar-refractivity contribution in [2.24, 2.45) is 0 Å². The SMILES string of the molecule is Cc1ccccc1CN(C(=O)CSCc1c(F)cccc1Cl)[C@H](C)C(=O)NC(C)(C)C. The van der Waals surface area contributed by atoms with Crippen molar-refractivity contribution in [3.05, 3.63) is 70.0 Å². The Hall–Kier alpha value is -2.05. The third-order valence-corrected chi connectivity index (χ3v) is 6.10. The molecule has 4 nitrogen and oxygen atoms in total. The van der Waals surface area contributed by atoms with Crippen LogP contribution in [0.5, 0.6) is 0 Å². The van der Waals surface area contributed by atoms with Crippen molar-refractivity contribution in [3.8, 4) is 0 Å². The van der Waals surface area contributed by atoms with Crippen LogP contribution in [0.3, 0.4) is 0 Å². The molecule has 2 amide bonds. The molecule has 1 N–H and O–H groups in total. The topological polar surface area (TPSA) is 49.4 Å². The van der Waals surface area contributed by atoms with E-state index in [9.17, 15) is 14.0 Å². The third-order valence-electron chi connectivity index (χ3n) is 4.80. The van der Waals surface area contributed by atoms with E-state index in [2.05, 4.69) is 5.32 Å². The van der Waals surface area contributed by atoms with Crippen molar-refractivity contribution in [3.63, 3.8) is 0 Å². The zero-order chi connectivity index (χ0) is 23.2. The fraction of sp³-hybridized carbons (Fsp3) is 0.417. The zero-order valence-corrected chi connectivity index (χ0v) is 20.2. The quantitative estimate of drug-likeness (QED) is 0.572. The van der Waals surface area contributed by atoms with E-state index >= 15 is 0 Å². The number of benzene rings is 2. The molecule has 0 unspecified atom stereocenters. The molecule has 0 fully saturated rings. The number of rotatable bonds is 8. The Morgan fingerprint density at radius 1 is 1.16 bits per heavy atom. The van der Waals surface area contributed by atoms with Crippen LogP contribution in [0.25, 0.3) is 0 Å². The summed E-state index contributed by atoms with van der Waals surface area (Å²) in [5.74, 6) is -0.391. The highest BCUT2D eigenvalue weighted by atomic mass is 35.5. The second-order valence-electron chi connectivity index (χ2n) is 8.56. The molecule has 1 atom stereocenters. The molecule has 2 aromatic carbocycles. The number of thioether (sulfide) groups is 1. The van der Waals surface area contributed by atoms with Crippen LogP contribution < -0.4 is 5.32 Å². The summed E-state index contributed by atoms with van der Waals surface area (Å²) < 4.78 is 14.0. The first-order valence-corrected chi connectivity index (χ1v) is 11.7. The number of hydrogen-bond acceptors (Lipinski definition) is 3. The minimum atomic E-state index is -0.649. The van der Waals surface area contributed by atoms with E-state index in [1.54, 1.807) is 24.0 Å². The Bertz CT molecular complexity index is 910. The average Bonchev–Trinajstić information content (AvgIpc) is 2.67. The lowest BCUT2D eigenvalue weighted by molar-refractivity contribution is -0.139. The first-order chi connectivity index (χ1) is 14.5. The first kappa shape index (κ1) is 25.2. The van der Waals surface area contributed by atoms with Gasteiger partial charge in [0.15, 0.2) is 0 Å². The number of hydrogen-bond donors (Lipinski definition) is 1. The number of nitrogens with one attached hydrogen (secondary N) is 1. The highest BCUT2D eigenvalue weighted by molar-refractivity contribution is 7.99. The summed E-state index contributed by atoms with van der Waals surface area (Å²) in [6.07, 6.45) is 0. The van der Waals surface area contributed by atoms with E-state index < -0.39 is 11.6 Å². The summed E-state index contributed by atoms with van der Waals surface area (Å²) in [5, 5.41) is 3.29. The van der Waals surface area contributed by atoms with Gasteiger partial charge in [0.1, 0.15) is 11.9 Å². The molecule has 0 aliphatic heterocycles. The molecule has 168 valence electrons. The smallest absolute Gasteiger partial charge is 0.242 e. The van der Waals surface area contributed by atoms with Gasteiger partial charge in [-0.2, -0.15) is 0 Å². The van der Waals surface area contributed by atoms with Crippen molar-refractivity contribution < 1.29 is 14.0 Å². The highest BCUT2D eigenvalue weighted by Crippen LogP contribution is 2.24. The van der Waals surface area contributed by atoms with Gasteiger partial charge in [-0.15, -0.1) is 11.8 Å². The van der Waals surface area contributed by atoms with Crippen LogP contribution in [-0.4, -0.2) is 34.0 Å². The van der Waals surface area contributed by atoms with Crippen molar-refractivity contribution in [2.75, 3.05) is 5.75 Å². The first-order valence-electron chi connectivity index (χ1n) is 10.2. The Morgan fingerprint density at radius 2 is 1.84 bits per heavy atom. The summed E-state index contributed by atoms with van der Waals surface area (Å²) >= 11 is 7.36. The third kappa shape index (κ3) is 7.54. The van der Waals surface area contributed by atoms with Gasteiger partial charge in [0.05, 0.1) is 5.75 Å². The number of carbonyl (C=O) groups excluding carboxylic acids is 2. The molecular formula is C24H30ClFN2O2S. The minimum Gasteiger partial charge on any atom is -0.350 e. The largest absolute Gasteiger partial charge is 0.350 e. The second kappa shape index (κ2) is 11.0. The lowest BCUT2D eigenvalue weighted by Crippen LogP contribution is -2.52. The van der Waals surface area contributed by atoms with Gasteiger partial charge in [-0.1, -0.05) is 41.9 Å². The van der Waals surface area contributed by atoms with Gasteiger partial charge >= 0.3 is 0 Å². The molecule has 0 saturated heterocycles. The molecule has 0 bridgehead atoms. The molecule has 0 aliphatic carbocycles. The van der Waals surface area contributed by atoms with Gasteiger partial charge in [-0.25, -0.2) is 4.39 Å². The number of halogens is 2. The normalized spacial score (nSPS) is 12.4. The maximum atomic E-state index is 14.0. The molecule has 0 spiro atoms. The van der Waals surface area contributed by atoms with Crippen LogP contribution in [0.1, 0.15) is 44.4 Å². The highest BCUT2D eigenvalue weighted by Gasteiger charge is 2.28. The van der Waals surface area contributed by atoms with Crippen LogP contribution in [0, 0.1) is 12.7 Å². The molecule has 2 rings (SSSR count). The molecular weight excluding hydrogens is 435 g/mol. The second-order valence-corrected chi connectivity index (χ2v) is 9.95. The molecule has 0 saturated carbocycles. The lowest BCUT2D eigenvalue weighted by atomic mass is 10.1. The van der Waals surface area contributed by atoms with Gasteiger partial charge in [0, 0.05) is 28.4 Å². The molecule has 0 aliphatic rings. The van der Waals surface area contributed by atoms with Crippen molar-refractivity contribution in [1.29, 1.82) is 0 Å². The number of nitrogens with zero attached hydrogens (tertiary/aromatic N) is 1. The lowest BCUT2D eigenvalue weighted by Gasteiger charge is -2.31. The average molecular weight is 465 g/mol. The zero-order valence-electron chi connectivity index (χ0n) is 18.7. The molecule has 7 heteroatoms. The van der Waals surface area contributed by atoms with E-state index in [-0.39, 0.29) is 29.1 Å². The van der Waals surface area contributed by atoms with Crippen molar-refractivity contribution in [2.45, 2.75) is 58.5 Å². The van der Waals surface area contributed by atoms with Gasteiger partial charge in [-0.3, -0.25) is 9.59 Å². The Kier molecular flexibility index (Phi) is 8.95. The van der Waals surface area contributed by atoms with Crippen LogP contribution in [0.15, 0.2) is 42.5 Å². The molecule has 2 aromatic rings. The van der Waals surface area contributed by atoms with E-state index in [1.165, 1.54) is 17.8 Å². The predicted octanol–water partition coefficient (Wildman–Crippen LogP) is 5.35. The maximum absolute atomic E-state index is 14.0. The van der Waals surface area contributed by atoms with Gasteiger partial charge < -0.3 is 10.2 Å². The predicted molar refractivity (Wildman–Crippen MR) is 127 cm³/mol. The van der Waals surface area contributed by atoms with Crippen molar-refractivity contribution >= 4 is 35.2 Å². The van der Waals surface area contributed by atoms with E-state index in [0.717, 1.165) is 11.1 Å². The molecule has 31 heavy (non-hydrogen) atoms. The fourth-order valence-corrected chi connectivity index (χ4v) is 4.27. The number of carbonyl (C=O) groups is 2. The summed E-state index contributed by atoms with van der Waals surface area (Å²) in [4.78, 5) is 27.5. The molecule has 0 aromatic heterocycles. The van der Waals surface area contributed by atoms with Crippen LogP contribution in [0.4, 0.5) is 4.39 Å².